The SMILES string of the molecule is COCC(O)CN(C)C(=O)c1cccc(C#CCN)c1C. The van der Waals surface area contributed by atoms with Crippen LogP contribution in [0.5, 0.6) is 0 Å². The van der Waals surface area contributed by atoms with Crippen molar-refractivity contribution in [3.05, 3.63) is 34.9 Å². The van der Waals surface area contributed by atoms with Crippen LogP contribution in [0.15, 0.2) is 18.2 Å². The van der Waals surface area contributed by atoms with Crippen molar-refractivity contribution >= 4 is 5.91 Å². The first-order chi connectivity index (χ1) is 10.0. The molecule has 0 spiro atoms. The molecule has 0 aliphatic rings. The molecule has 0 aliphatic carbocycles. The highest BCUT2D eigenvalue weighted by molar-refractivity contribution is 5.96. The Labute approximate surface area is 125 Å². The number of hydrogen-bond acceptors (Lipinski definition) is 4. The molecule has 0 radical (unpaired) electrons. The summed E-state index contributed by atoms with van der Waals surface area (Å²) in [6.45, 7) is 2.54. The second kappa shape index (κ2) is 8.42. The summed E-state index contributed by atoms with van der Waals surface area (Å²) < 4.78 is 4.86. The molecule has 3 N–H and O–H groups in total. The summed E-state index contributed by atoms with van der Waals surface area (Å²) in [5, 5.41) is 9.70. The molecule has 0 aromatic heterocycles. The zero-order valence-corrected chi connectivity index (χ0v) is 12.7. The van der Waals surface area contributed by atoms with E-state index in [-0.39, 0.29) is 25.6 Å². The molecular formula is C16H22N2O3. The molecule has 21 heavy (non-hydrogen) atoms. The number of amides is 1. The maximum atomic E-state index is 12.4. The summed E-state index contributed by atoms with van der Waals surface area (Å²) in [7, 11) is 3.16. The largest absolute Gasteiger partial charge is 0.389 e. The Balaban J connectivity index is 2.92. The van der Waals surface area contributed by atoms with Crippen LogP contribution in [0.1, 0.15) is 21.5 Å². The van der Waals surface area contributed by atoms with Crippen LogP contribution >= 0.6 is 0 Å². The Kier molecular flexibility index (Phi) is 6.89. The average molecular weight is 290 g/mol. The van der Waals surface area contributed by atoms with Crippen molar-refractivity contribution in [2.75, 3.05) is 33.9 Å². The van der Waals surface area contributed by atoms with Crippen molar-refractivity contribution in [1.29, 1.82) is 0 Å². The normalized spacial score (nSPS) is 11.5. The van der Waals surface area contributed by atoms with Crippen molar-refractivity contribution < 1.29 is 14.6 Å². The Morgan fingerprint density at radius 3 is 2.86 bits per heavy atom. The van der Waals surface area contributed by atoms with Crippen LogP contribution in [0.25, 0.3) is 0 Å². The molecule has 1 atom stereocenters. The van der Waals surface area contributed by atoms with Crippen molar-refractivity contribution in [3.63, 3.8) is 0 Å². The number of likely N-dealkylation sites (N-methyl/N-ethyl adjacent to an activating group) is 1. The molecule has 0 fully saturated rings. The van der Waals surface area contributed by atoms with E-state index in [2.05, 4.69) is 11.8 Å². The zero-order valence-electron chi connectivity index (χ0n) is 12.7. The first-order valence-corrected chi connectivity index (χ1v) is 6.72. The van der Waals surface area contributed by atoms with Gasteiger partial charge in [-0.3, -0.25) is 4.79 Å². The van der Waals surface area contributed by atoms with Gasteiger partial charge in [0.25, 0.3) is 5.91 Å². The average Bonchev–Trinajstić information content (AvgIpc) is 2.45. The number of benzene rings is 1. The highest BCUT2D eigenvalue weighted by Gasteiger charge is 2.17. The van der Waals surface area contributed by atoms with Gasteiger partial charge in [0.05, 0.1) is 19.3 Å². The van der Waals surface area contributed by atoms with Gasteiger partial charge in [-0.25, -0.2) is 0 Å². The fourth-order valence-electron chi connectivity index (χ4n) is 2.00. The number of methoxy groups -OCH3 is 1. The van der Waals surface area contributed by atoms with E-state index in [1.54, 1.807) is 19.2 Å². The van der Waals surface area contributed by atoms with Gasteiger partial charge in [0.2, 0.25) is 0 Å². The lowest BCUT2D eigenvalue weighted by atomic mass is 10.0. The number of carbonyl (C=O) groups excluding carboxylic acids is 1. The molecule has 5 nitrogen and oxygen atoms in total. The molecule has 0 bridgehead atoms. The molecule has 1 aromatic carbocycles. The van der Waals surface area contributed by atoms with Crippen LogP contribution in [0.3, 0.4) is 0 Å². The molecule has 0 saturated heterocycles. The van der Waals surface area contributed by atoms with E-state index in [1.165, 1.54) is 12.0 Å². The number of carbonyl (C=O) groups is 1. The monoisotopic (exact) mass is 290 g/mol. The molecule has 0 aliphatic heterocycles. The lowest BCUT2D eigenvalue weighted by molar-refractivity contribution is 0.0380. The van der Waals surface area contributed by atoms with Gasteiger partial charge < -0.3 is 20.5 Å². The van der Waals surface area contributed by atoms with Gasteiger partial charge >= 0.3 is 0 Å². The fourth-order valence-corrected chi connectivity index (χ4v) is 2.00. The predicted octanol–water partition coefficient (Wildman–Crippen LogP) is 0.385. The molecular weight excluding hydrogens is 268 g/mol. The predicted molar refractivity (Wildman–Crippen MR) is 82.0 cm³/mol. The van der Waals surface area contributed by atoms with Gasteiger partial charge in [-0.2, -0.15) is 0 Å². The van der Waals surface area contributed by atoms with Crippen molar-refractivity contribution in [2.24, 2.45) is 5.73 Å². The third-order valence-corrected chi connectivity index (χ3v) is 3.08. The van der Waals surface area contributed by atoms with Crippen molar-refractivity contribution in [2.45, 2.75) is 13.0 Å². The lowest BCUT2D eigenvalue weighted by Crippen LogP contribution is -2.36. The van der Waals surface area contributed by atoms with Crippen LogP contribution in [0, 0.1) is 18.8 Å². The number of aliphatic hydroxyl groups is 1. The summed E-state index contributed by atoms with van der Waals surface area (Å²) >= 11 is 0. The Bertz CT molecular complexity index is 546. The number of rotatable bonds is 5. The second-order valence-corrected chi connectivity index (χ2v) is 4.78. The third-order valence-electron chi connectivity index (χ3n) is 3.08. The first kappa shape index (κ1) is 17.2. The van der Waals surface area contributed by atoms with Crippen LogP contribution in [0.2, 0.25) is 0 Å². The number of hydrogen-bond donors (Lipinski definition) is 2. The van der Waals surface area contributed by atoms with Crippen molar-refractivity contribution in [3.8, 4) is 11.8 Å². The highest BCUT2D eigenvalue weighted by atomic mass is 16.5. The van der Waals surface area contributed by atoms with Gasteiger partial charge in [-0.05, 0) is 24.6 Å². The van der Waals surface area contributed by atoms with Gasteiger partial charge in [0, 0.05) is 31.8 Å². The summed E-state index contributed by atoms with van der Waals surface area (Å²) in [5.41, 5.74) is 7.55. The van der Waals surface area contributed by atoms with Crippen LogP contribution in [-0.2, 0) is 4.74 Å². The van der Waals surface area contributed by atoms with E-state index >= 15 is 0 Å². The summed E-state index contributed by atoms with van der Waals surface area (Å²) in [5.74, 6) is 5.59. The van der Waals surface area contributed by atoms with Crippen LogP contribution < -0.4 is 5.73 Å². The minimum Gasteiger partial charge on any atom is -0.389 e. The molecule has 1 amide bonds. The molecule has 1 rings (SSSR count). The van der Waals surface area contributed by atoms with E-state index in [9.17, 15) is 9.90 Å². The van der Waals surface area contributed by atoms with E-state index in [4.69, 9.17) is 10.5 Å². The molecule has 114 valence electrons. The second-order valence-electron chi connectivity index (χ2n) is 4.78. The molecule has 0 saturated carbocycles. The molecule has 0 heterocycles. The fraction of sp³-hybridized carbons (Fsp3) is 0.438. The molecule has 1 unspecified atom stereocenters. The first-order valence-electron chi connectivity index (χ1n) is 6.72. The van der Waals surface area contributed by atoms with Crippen LogP contribution in [0.4, 0.5) is 0 Å². The van der Waals surface area contributed by atoms with Crippen molar-refractivity contribution in [1.82, 2.24) is 4.90 Å². The van der Waals surface area contributed by atoms with E-state index in [1.807, 2.05) is 13.0 Å². The quantitative estimate of drug-likeness (QED) is 0.769. The maximum absolute atomic E-state index is 12.4. The third kappa shape index (κ3) is 4.87. The minimum atomic E-state index is -0.704. The molecule has 1 aromatic rings. The van der Waals surface area contributed by atoms with Gasteiger partial charge in [-0.1, -0.05) is 17.9 Å². The summed E-state index contributed by atoms with van der Waals surface area (Å²) in [6, 6.07) is 5.40. The van der Waals surface area contributed by atoms with E-state index in [0.717, 1.165) is 11.1 Å². The lowest BCUT2D eigenvalue weighted by Gasteiger charge is -2.21. The van der Waals surface area contributed by atoms with E-state index < -0.39 is 6.10 Å². The topological polar surface area (TPSA) is 75.8 Å². The van der Waals surface area contributed by atoms with Gasteiger partial charge in [0.1, 0.15) is 0 Å². The smallest absolute Gasteiger partial charge is 0.253 e. The Hall–Kier alpha value is -1.87. The van der Waals surface area contributed by atoms with E-state index in [0.29, 0.717) is 5.56 Å². The van der Waals surface area contributed by atoms with Crippen LogP contribution in [-0.4, -0.2) is 55.9 Å². The summed E-state index contributed by atoms with van der Waals surface area (Å²) in [4.78, 5) is 13.9. The Morgan fingerprint density at radius 1 is 1.52 bits per heavy atom. The number of nitrogens with two attached hydrogens (primary N) is 1. The standard InChI is InChI=1S/C16H22N2O3/c1-12-13(7-5-9-17)6-4-8-15(12)16(20)18(2)10-14(19)11-21-3/h4,6,8,14,19H,9-11,17H2,1-3H3. The number of nitrogens with zero attached hydrogens (tertiary/aromatic N) is 1. The summed E-state index contributed by atoms with van der Waals surface area (Å²) in [6.07, 6.45) is -0.704. The Morgan fingerprint density at radius 2 is 2.24 bits per heavy atom. The minimum absolute atomic E-state index is 0.154. The highest BCUT2D eigenvalue weighted by Crippen LogP contribution is 2.15. The molecule has 5 heteroatoms. The number of aliphatic hydroxyl groups excluding tert-OH is 1. The van der Waals surface area contributed by atoms with Gasteiger partial charge in [-0.15, -0.1) is 0 Å². The number of ether oxygens (including phenoxy) is 1. The van der Waals surface area contributed by atoms with Gasteiger partial charge in [0.15, 0.2) is 0 Å². The zero-order chi connectivity index (χ0) is 15.8. The maximum Gasteiger partial charge on any atom is 0.253 e.